The van der Waals surface area contributed by atoms with Gasteiger partial charge in [-0.1, -0.05) is 14.4 Å². The maximum atomic E-state index is 12.1. The van der Waals surface area contributed by atoms with E-state index in [2.05, 4.69) is 13.8 Å². The van der Waals surface area contributed by atoms with Gasteiger partial charge in [-0.2, -0.15) is 13.2 Å². The monoisotopic (exact) mass is 576 g/mol. The Bertz CT molecular complexity index is 813. The number of ether oxygens (including phenoxy) is 2. The molecule has 1 aromatic carbocycles. The number of benzene rings is 1. The van der Waals surface area contributed by atoms with Crippen molar-refractivity contribution in [1.82, 2.24) is 0 Å². The molecule has 3 rings (SSSR count). The number of hydrogen-bond donors (Lipinski definition) is 1. The summed E-state index contributed by atoms with van der Waals surface area (Å²) in [5.41, 5.74) is 1.38. The van der Waals surface area contributed by atoms with Crippen molar-refractivity contribution in [1.29, 1.82) is 0 Å². The Hall–Kier alpha value is 0.690. The van der Waals surface area contributed by atoms with Crippen molar-refractivity contribution in [2.45, 2.75) is 68.5 Å². The van der Waals surface area contributed by atoms with Gasteiger partial charge in [-0.05, 0) is 25.3 Å². The second kappa shape index (κ2) is 15.8. The fourth-order valence-electron chi connectivity index (χ4n) is 3.38. The molecule has 2 aliphatic rings. The molecule has 0 saturated heterocycles. The van der Waals surface area contributed by atoms with E-state index in [9.17, 15) is 28.2 Å². The Labute approximate surface area is 237 Å². The van der Waals surface area contributed by atoms with E-state index in [1.807, 2.05) is 0 Å². The fraction of sp³-hybridized carbons (Fsp3) is 0.650. The minimum absolute atomic E-state index is 0. The Morgan fingerprint density at radius 2 is 1.38 bits per heavy atom. The van der Waals surface area contributed by atoms with E-state index in [0.29, 0.717) is 19.6 Å². The van der Waals surface area contributed by atoms with Gasteiger partial charge in [0.2, 0.25) is 0 Å². The van der Waals surface area contributed by atoms with E-state index in [1.54, 1.807) is 49.5 Å². The molecule has 14 heteroatoms. The van der Waals surface area contributed by atoms with Crippen LogP contribution in [0.2, 0.25) is 0 Å². The molecule has 0 saturated carbocycles. The van der Waals surface area contributed by atoms with Crippen LogP contribution in [0.25, 0.3) is 0 Å². The number of hydrogen-bond acceptors (Lipinski definition) is 9. The van der Waals surface area contributed by atoms with Crippen LogP contribution in [-0.4, -0.2) is 60.0 Å². The first-order chi connectivity index (χ1) is 14.6. The molecular weight excluding hydrogens is 547 g/mol. The minimum Gasteiger partial charge on any atom is -0.545 e. The van der Waals surface area contributed by atoms with Gasteiger partial charge in [0.15, 0.2) is 0 Å². The number of methoxy groups -OCH3 is 2. The van der Waals surface area contributed by atoms with E-state index in [-0.39, 0.29) is 57.9 Å². The number of aromatic carboxylic acids is 1. The largest absolute Gasteiger partial charge is 1.00 e. The van der Waals surface area contributed by atoms with E-state index in [1.165, 1.54) is 11.8 Å². The zero-order valence-electron chi connectivity index (χ0n) is 18.9. The van der Waals surface area contributed by atoms with Crippen LogP contribution in [0.15, 0.2) is 19.6 Å². The van der Waals surface area contributed by atoms with Crippen LogP contribution >= 0.6 is 47.0 Å². The van der Waals surface area contributed by atoms with Crippen LogP contribution in [0.5, 0.6) is 0 Å². The van der Waals surface area contributed by atoms with Crippen molar-refractivity contribution in [2.24, 2.45) is 0 Å². The fourth-order valence-corrected chi connectivity index (χ4v) is 10.2. The molecule has 2 aliphatic heterocycles. The summed E-state index contributed by atoms with van der Waals surface area (Å²) in [6, 6.07) is 0. The molecular formula is C20H29F4NaO5S4. The summed E-state index contributed by atoms with van der Waals surface area (Å²) in [5, 5.41) is 21.7. The molecule has 34 heavy (non-hydrogen) atoms. The van der Waals surface area contributed by atoms with Crippen LogP contribution in [0, 0.1) is 6.92 Å². The van der Waals surface area contributed by atoms with Crippen molar-refractivity contribution in [3.05, 3.63) is 11.1 Å². The number of thioether (sulfide) groups is 4. The summed E-state index contributed by atoms with van der Waals surface area (Å²) in [6.07, 6.45) is 1.45. The number of aliphatic hydroxyl groups is 1. The average Bonchev–Trinajstić information content (AvgIpc) is 3.22. The van der Waals surface area contributed by atoms with E-state index >= 15 is 0 Å². The summed E-state index contributed by atoms with van der Waals surface area (Å²) in [4.78, 5) is 15.7. The van der Waals surface area contributed by atoms with Crippen LogP contribution in [-0.2, 0) is 9.47 Å². The molecule has 1 N–H and O–H groups in total. The van der Waals surface area contributed by atoms with Gasteiger partial charge < -0.3 is 24.5 Å². The molecule has 0 aromatic heterocycles. The number of carboxylic acid groups (broad SMARTS) is 1. The molecule has 0 fully saturated rings. The van der Waals surface area contributed by atoms with Gasteiger partial charge in [-0.25, -0.2) is 0 Å². The third kappa shape index (κ3) is 8.09. The van der Waals surface area contributed by atoms with Gasteiger partial charge in [0, 0.05) is 46.0 Å². The van der Waals surface area contributed by atoms with Gasteiger partial charge in [-0.3, -0.25) is 4.70 Å². The predicted molar refractivity (Wildman–Crippen MR) is 126 cm³/mol. The predicted octanol–water partition coefficient (Wildman–Crippen LogP) is 2.20. The van der Waals surface area contributed by atoms with Crippen molar-refractivity contribution in [2.75, 3.05) is 34.0 Å². The Morgan fingerprint density at radius 1 is 1.00 bits per heavy atom. The summed E-state index contributed by atoms with van der Waals surface area (Å²) < 4.78 is 39.2. The first-order valence-electron chi connectivity index (χ1n) is 9.28. The normalized spacial score (nSPS) is 19.1. The number of alkyl halides is 3. The van der Waals surface area contributed by atoms with Crippen molar-refractivity contribution in [3.8, 4) is 0 Å². The van der Waals surface area contributed by atoms with Gasteiger partial charge in [0.25, 0.3) is 0 Å². The van der Waals surface area contributed by atoms with E-state index in [0.717, 1.165) is 31.6 Å². The Kier molecular flexibility index (Phi) is 17.2. The second-order valence-corrected chi connectivity index (χ2v) is 12.9. The minimum atomic E-state index is -3.67. The summed E-state index contributed by atoms with van der Waals surface area (Å²) >= 11 is 6.39. The number of carbonyl (C=O) groups is 1. The molecule has 0 amide bonds. The average molecular weight is 577 g/mol. The zero-order valence-corrected chi connectivity index (χ0v) is 24.1. The Balaban J connectivity index is 0. The maximum Gasteiger partial charge on any atom is 1.00 e. The van der Waals surface area contributed by atoms with Gasteiger partial charge in [-0.15, -0.1) is 47.0 Å². The first kappa shape index (κ1) is 36.8. The summed E-state index contributed by atoms with van der Waals surface area (Å²) in [6.45, 7) is 1.44. The molecule has 1 aromatic rings. The number of carboxylic acids is 1. The second-order valence-electron chi connectivity index (χ2n) is 6.77. The molecule has 1 atom stereocenters. The number of rotatable bonds is 8. The molecule has 0 aliphatic carbocycles. The number of halogens is 4. The molecule has 0 radical (unpaired) electrons. The van der Waals surface area contributed by atoms with Crippen molar-refractivity contribution in [3.63, 3.8) is 0 Å². The number of fused-ring (bicyclic) bond motifs is 2. The van der Waals surface area contributed by atoms with Crippen LogP contribution in [0.4, 0.5) is 17.9 Å². The Morgan fingerprint density at radius 3 is 1.74 bits per heavy atom. The van der Waals surface area contributed by atoms with Crippen LogP contribution < -0.4 is 34.7 Å². The summed E-state index contributed by atoms with van der Waals surface area (Å²) in [7, 11) is 3.29. The SMILES string of the molecule is C.CCC1(CCO)Sc2c(C)c3c(c(C(=O)[O-])c2S1)SC(COC)(COC)S3.F.FC(F)F.[Na+]. The van der Waals surface area contributed by atoms with E-state index in [4.69, 9.17) is 9.47 Å². The van der Waals surface area contributed by atoms with Crippen molar-refractivity contribution < 1.29 is 71.9 Å². The van der Waals surface area contributed by atoms with Crippen LogP contribution in [0.3, 0.4) is 0 Å². The molecule has 5 nitrogen and oxygen atoms in total. The molecule has 1 unspecified atom stereocenters. The third-order valence-electron chi connectivity index (χ3n) is 4.66. The molecule has 0 bridgehead atoms. The smallest absolute Gasteiger partial charge is 0.545 e. The van der Waals surface area contributed by atoms with Crippen LogP contribution in [0.1, 0.15) is 43.1 Å². The molecule has 0 spiro atoms. The van der Waals surface area contributed by atoms with Gasteiger partial charge >= 0.3 is 36.2 Å². The van der Waals surface area contributed by atoms with E-state index < -0.39 is 16.7 Å². The molecule has 192 valence electrons. The third-order valence-corrected chi connectivity index (χ3v) is 11.5. The zero-order chi connectivity index (χ0) is 23.4. The first-order valence-corrected chi connectivity index (χ1v) is 12.5. The maximum absolute atomic E-state index is 12.1. The van der Waals surface area contributed by atoms with Crippen molar-refractivity contribution >= 4 is 53.0 Å². The summed E-state index contributed by atoms with van der Waals surface area (Å²) in [5.74, 6) is -1.15. The standard InChI is InChI=1S/C18H24O5S4.CHF3.CH4.FH.Na/c1-5-17(6-7-19)24-12-10(2)13-15(11(16(20)21)14(12)26-17)27-18(25-13,8-22-3)9-23-4;2-1(3)4;;;/h19H,5-9H2,1-4H3,(H,20,21);1H;1H4;1H;/q;;;;+1/p-1. The van der Waals surface area contributed by atoms with Gasteiger partial charge in [0.05, 0.1) is 23.3 Å². The van der Waals surface area contributed by atoms with Gasteiger partial charge in [0.1, 0.15) is 4.08 Å². The topological polar surface area (TPSA) is 78.8 Å². The quantitative estimate of drug-likeness (QED) is 0.370. The number of carbonyl (C=O) groups excluding carboxylic acids is 1. The molecule has 2 heterocycles. The number of aliphatic hydroxyl groups excluding tert-OH is 1.